The Morgan fingerprint density at radius 2 is 2.12 bits per heavy atom. The van der Waals surface area contributed by atoms with Crippen molar-refractivity contribution in [2.45, 2.75) is 25.5 Å². The molecule has 1 aliphatic heterocycles. The Hall–Kier alpha value is -2.02. The number of aryl methyl sites for hydroxylation is 1. The topological polar surface area (TPSA) is 77.9 Å². The van der Waals surface area contributed by atoms with Crippen LogP contribution in [0.2, 0.25) is 0 Å². The first-order valence-electron chi connectivity index (χ1n) is 8.74. The van der Waals surface area contributed by atoms with Crippen molar-refractivity contribution < 1.29 is 19.5 Å². The van der Waals surface area contributed by atoms with E-state index in [2.05, 4.69) is 6.07 Å². The third kappa shape index (κ3) is 6.05. The standard InChI is InChI=1S/C19H26N2O4S/c1-14-5-3-6-15(9-14)12-26-13-18(23)20(2)11-17(22)21-8-4-7-16(10-21)19(24)25/h3,5-6,9,16H,4,7-8,10-13H2,1-2H3,(H,24,25). The molecule has 1 saturated heterocycles. The average molecular weight is 378 g/mol. The molecule has 1 unspecified atom stereocenters. The average Bonchev–Trinajstić information content (AvgIpc) is 2.61. The van der Waals surface area contributed by atoms with Crippen molar-refractivity contribution in [3.05, 3.63) is 35.4 Å². The second kappa shape index (κ2) is 9.62. The Labute approximate surface area is 158 Å². The maximum atomic E-state index is 12.3. The zero-order valence-electron chi connectivity index (χ0n) is 15.3. The summed E-state index contributed by atoms with van der Waals surface area (Å²) in [5.74, 6) is -0.576. The molecular weight excluding hydrogens is 352 g/mol. The fourth-order valence-corrected chi connectivity index (χ4v) is 3.88. The number of hydrogen-bond donors (Lipinski definition) is 1. The van der Waals surface area contributed by atoms with Crippen LogP contribution in [0.4, 0.5) is 0 Å². The fourth-order valence-electron chi connectivity index (χ4n) is 2.96. The first kappa shape index (κ1) is 20.3. The highest BCUT2D eigenvalue weighted by molar-refractivity contribution is 7.99. The van der Waals surface area contributed by atoms with E-state index in [1.165, 1.54) is 27.8 Å². The van der Waals surface area contributed by atoms with E-state index in [4.69, 9.17) is 5.11 Å². The van der Waals surface area contributed by atoms with Crippen LogP contribution in [0.5, 0.6) is 0 Å². The molecule has 1 aliphatic rings. The van der Waals surface area contributed by atoms with Gasteiger partial charge in [-0.2, -0.15) is 0 Å². The number of rotatable bonds is 7. The molecule has 1 fully saturated rings. The van der Waals surface area contributed by atoms with E-state index in [1.54, 1.807) is 11.9 Å². The van der Waals surface area contributed by atoms with E-state index in [1.807, 2.05) is 25.1 Å². The summed E-state index contributed by atoms with van der Waals surface area (Å²) in [6.07, 6.45) is 1.29. The van der Waals surface area contributed by atoms with Crippen molar-refractivity contribution in [3.63, 3.8) is 0 Å². The summed E-state index contributed by atoms with van der Waals surface area (Å²) in [5.41, 5.74) is 2.37. The van der Waals surface area contributed by atoms with Crippen LogP contribution < -0.4 is 0 Å². The number of carboxylic acids is 1. The van der Waals surface area contributed by atoms with Gasteiger partial charge in [0.1, 0.15) is 0 Å². The first-order valence-corrected chi connectivity index (χ1v) is 9.90. The van der Waals surface area contributed by atoms with Crippen LogP contribution in [-0.4, -0.2) is 65.1 Å². The van der Waals surface area contributed by atoms with Crippen LogP contribution in [0, 0.1) is 12.8 Å². The zero-order valence-corrected chi connectivity index (χ0v) is 16.1. The minimum Gasteiger partial charge on any atom is -0.481 e. The van der Waals surface area contributed by atoms with Crippen molar-refractivity contribution in [2.24, 2.45) is 5.92 Å². The molecule has 7 heteroatoms. The van der Waals surface area contributed by atoms with E-state index in [-0.39, 0.29) is 24.9 Å². The lowest BCUT2D eigenvalue weighted by atomic mass is 9.98. The summed E-state index contributed by atoms with van der Waals surface area (Å²) in [5, 5.41) is 9.11. The molecule has 26 heavy (non-hydrogen) atoms. The van der Waals surface area contributed by atoms with Crippen molar-refractivity contribution in [1.82, 2.24) is 9.80 Å². The van der Waals surface area contributed by atoms with E-state index in [9.17, 15) is 14.4 Å². The summed E-state index contributed by atoms with van der Waals surface area (Å²) in [6, 6.07) is 8.17. The molecule has 1 N–H and O–H groups in total. The van der Waals surface area contributed by atoms with E-state index in [0.29, 0.717) is 25.1 Å². The number of thioether (sulfide) groups is 1. The van der Waals surface area contributed by atoms with Crippen LogP contribution in [0.25, 0.3) is 0 Å². The Morgan fingerprint density at radius 3 is 2.81 bits per heavy atom. The van der Waals surface area contributed by atoms with Gasteiger partial charge in [0.15, 0.2) is 0 Å². The highest BCUT2D eigenvalue weighted by atomic mass is 32.2. The molecule has 2 rings (SSSR count). The predicted molar refractivity (Wildman–Crippen MR) is 102 cm³/mol. The molecule has 6 nitrogen and oxygen atoms in total. The highest BCUT2D eigenvalue weighted by Crippen LogP contribution is 2.17. The van der Waals surface area contributed by atoms with Gasteiger partial charge in [-0.25, -0.2) is 0 Å². The van der Waals surface area contributed by atoms with Gasteiger partial charge in [0.25, 0.3) is 0 Å². The summed E-state index contributed by atoms with van der Waals surface area (Å²) in [4.78, 5) is 38.7. The lowest BCUT2D eigenvalue weighted by molar-refractivity contribution is -0.147. The Morgan fingerprint density at radius 1 is 1.35 bits per heavy atom. The molecule has 0 spiro atoms. The number of carbonyl (C=O) groups excluding carboxylic acids is 2. The molecule has 1 heterocycles. The molecular formula is C19H26N2O4S. The number of likely N-dealkylation sites (N-methyl/N-ethyl adjacent to an activating group) is 1. The lowest BCUT2D eigenvalue weighted by Crippen LogP contribution is -2.47. The number of aliphatic carboxylic acids is 1. The predicted octanol–water partition coefficient (Wildman–Crippen LogP) is 2.01. The molecule has 0 aromatic heterocycles. The number of benzene rings is 1. The molecule has 2 amide bonds. The lowest BCUT2D eigenvalue weighted by Gasteiger charge is -2.32. The van der Waals surface area contributed by atoms with Gasteiger partial charge in [-0.15, -0.1) is 11.8 Å². The third-order valence-electron chi connectivity index (χ3n) is 4.50. The second-order valence-electron chi connectivity index (χ2n) is 6.75. The van der Waals surface area contributed by atoms with Crippen LogP contribution in [0.1, 0.15) is 24.0 Å². The van der Waals surface area contributed by atoms with Gasteiger partial charge in [-0.3, -0.25) is 14.4 Å². The van der Waals surface area contributed by atoms with Crippen molar-refractivity contribution in [2.75, 3.05) is 32.4 Å². The molecule has 1 atom stereocenters. The Bertz CT molecular complexity index is 665. The summed E-state index contributed by atoms with van der Waals surface area (Å²) >= 11 is 1.52. The molecule has 1 aromatic carbocycles. The Kier molecular flexibility index (Phi) is 7.50. The summed E-state index contributed by atoms with van der Waals surface area (Å²) in [6.45, 7) is 2.83. The Balaban J connectivity index is 1.75. The van der Waals surface area contributed by atoms with Crippen LogP contribution >= 0.6 is 11.8 Å². The highest BCUT2D eigenvalue weighted by Gasteiger charge is 2.28. The summed E-state index contributed by atoms with van der Waals surface area (Å²) < 4.78 is 0. The molecule has 0 bridgehead atoms. The van der Waals surface area contributed by atoms with E-state index in [0.717, 1.165) is 5.75 Å². The SMILES string of the molecule is Cc1cccc(CSCC(=O)N(C)CC(=O)N2CCCC(C(=O)O)C2)c1. The van der Waals surface area contributed by atoms with Crippen molar-refractivity contribution in [1.29, 1.82) is 0 Å². The van der Waals surface area contributed by atoms with Crippen molar-refractivity contribution >= 4 is 29.5 Å². The minimum atomic E-state index is -0.862. The van der Waals surface area contributed by atoms with Gasteiger partial charge in [0.05, 0.1) is 18.2 Å². The van der Waals surface area contributed by atoms with Gasteiger partial charge in [0.2, 0.25) is 11.8 Å². The molecule has 142 valence electrons. The zero-order chi connectivity index (χ0) is 19.1. The van der Waals surface area contributed by atoms with Crippen LogP contribution in [-0.2, 0) is 20.1 Å². The smallest absolute Gasteiger partial charge is 0.308 e. The van der Waals surface area contributed by atoms with Crippen molar-refractivity contribution in [3.8, 4) is 0 Å². The fraction of sp³-hybridized carbons (Fsp3) is 0.526. The molecule has 0 saturated carbocycles. The third-order valence-corrected chi connectivity index (χ3v) is 5.49. The number of piperidine rings is 1. The normalized spacial score (nSPS) is 17.0. The van der Waals surface area contributed by atoms with Crippen LogP contribution in [0.15, 0.2) is 24.3 Å². The van der Waals surface area contributed by atoms with Crippen LogP contribution in [0.3, 0.4) is 0 Å². The van der Waals surface area contributed by atoms with Gasteiger partial charge in [-0.05, 0) is 25.3 Å². The minimum absolute atomic E-state index is 0.00379. The number of carboxylic acid groups (broad SMARTS) is 1. The number of hydrogen-bond acceptors (Lipinski definition) is 4. The number of amides is 2. The van der Waals surface area contributed by atoms with Gasteiger partial charge < -0.3 is 14.9 Å². The maximum absolute atomic E-state index is 12.3. The van der Waals surface area contributed by atoms with E-state index < -0.39 is 11.9 Å². The van der Waals surface area contributed by atoms with Gasteiger partial charge in [-0.1, -0.05) is 29.8 Å². The molecule has 0 aliphatic carbocycles. The molecule has 0 radical (unpaired) electrons. The van der Waals surface area contributed by atoms with Gasteiger partial charge in [0, 0.05) is 25.9 Å². The maximum Gasteiger partial charge on any atom is 0.308 e. The second-order valence-corrected chi connectivity index (χ2v) is 7.73. The summed E-state index contributed by atoms with van der Waals surface area (Å²) in [7, 11) is 1.62. The molecule has 1 aromatic rings. The van der Waals surface area contributed by atoms with E-state index >= 15 is 0 Å². The monoisotopic (exact) mass is 378 g/mol. The number of nitrogens with zero attached hydrogens (tertiary/aromatic N) is 2. The van der Waals surface area contributed by atoms with Gasteiger partial charge >= 0.3 is 5.97 Å². The quantitative estimate of drug-likeness (QED) is 0.785. The number of likely N-dealkylation sites (tertiary alicyclic amines) is 1. The largest absolute Gasteiger partial charge is 0.481 e. The first-order chi connectivity index (χ1) is 12.4. The number of carbonyl (C=O) groups is 3.